The van der Waals surface area contributed by atoms with Crippen molar-refractivity contribution in [2.75, 3.05) is 0 Å². The highest BCUT2D eigenvalue weighted by atomic mass is 32.1. The number of rotatable bonds is 7. The lowest BCUT2D eigenvalue weighted by Gasteiger charge is -2.32. The molecule has 0 amide bonds. The highest BCUT2D eigenvalue weighted by Crippen LogP contribution is 2.44. The van der Waals surface area contributed by atoms with Gasteiger partial charge in [-0.15, -0.1) is 11.3 Å². The Bertz CT molecular complexity index is 5160. The van der Waals surface area contributed by atoms with Gasteiger partial charge in [0.25, 0.3) is 0 Å². The summed E-state index contributed by atoms with van der Waals surface area (Å²) in [4.78, 5) is 0. The number of fused-ring (bicyclic) bond motifs is 10. The minimum absolute atomic E-state index is 0.330. The molecule has 11 aromatic carbocycles. The molecule has 0 bridgehead atoms. The third-order valence-electron chi connectivity index (χ3n) is 20.7. The van der Waals surface area contributed by atoms with Gasteiger partial charge in [-0.3, -0.25) is 0 Å². The molecular formula is C82H75B3O8S. The molecule has 0 N–H and O–H groups in total. The largest absolute Gasteiger partial charge is 0.495 e. The standard InChI is InChI=1S/C30H27BO2S.C28H25BO3.C24H23BO3/c1-29(2)30(3,4)33-31(32-29)23-18-16-21(17-19-23)20-12-14-22(15-13-20)24-9-7-10-26-25-8-5-6-11-27(25)34-28(24)26;1-27(2)28(3,4)32-29(31-27)24-17-16-19(18-10-5-6-11-20(18)24)22-13-9-14-23-21-12-7-8-15-25(21)30-26(22)23;1-23(2)24(3,4)28-25(27-23)17-10-7-9-16(15-17)18-12-8-13-20-19-11-5-6-14-21(19)26-22(18)20/h5-19H,1-4H3;5-17H,1-4H3;5-15H,1-4H3. The van der Waals surface area contributed by atoms with Crippen molar-refractivity contribution in [1.29, 1.82) is 0 Å². The molecule has 14 aromatic rings. The molecule has 3 fully saturated rings. The average molecular weight is 1250 g/mol. The molecule has 0 unspecified atom stereocenters. The summed E-state index contributed by atoms with van der Waals surface area (Å²) >= 11 is 1.87. The lowest BCUT2D eigenvalue weighted by molar-refractivity contribution is 0.00578. The Kier molecular flexibility index (Phi) is 15.2. The van der Waals surface area contributed by atoms with Crippen LogP contribution in [0.25, 0.3) is 119 Å². The smallest absolute Gasteiger partial charge is 0.455 e. The van der Waals surface area contributed by atoms with E-state index in [0.29, 0.717) is 0 Å². The summed E-state index contributed by atoms with van der Waals surface area (Å²) in [6.07, 6.45) is 0. The first-order chi connectivity index (χ1) is 45.0. The van der Waals surface area contributed by atoms with Gasteiger partial charge in [0.2, 0.25) is 0 Å². The molecule has 6 heterocycles. The highest BCUT2D eigenvalue weighted by molar-refractivity contribution is 7.26. The zero-order chi connectivity index (χ0) is 65.1. The molecule has 0 saturated carbocycles. The van der Waals surface area contributed by atoms with Gasteiger partial charge in [-0.1, -0.05) is 218 Å². The van der Waals surface area contributed by atoms with Gasteiger partial charge in [0.1, 0.15) is 22.3 Å². The molecule has 466 valence electrons. The monoisotopic (exact) mass is 1250 g/mol. The second-order valence-corrected chi connectivity index (χ2v) is 29.2. The third-order valence-corrected chi connectivity index (χ3v) is 21.9. The fourth-order valence-electron chi connectivity index (χ4n) is 13.1. The molecule has 94 heavy (non-hydrogen) atoms. The number of hydrogen-bond donors (Lipinski definition) is 0. The van der Waals surface area contributed by atoms with Gasteiger partial charge >= 0.3 is 21.4 Å². The van der Waals surface area contributed by atoms with Crippen LogP contribution in [0, 0.1) is 0 Å². The molecule has 0 spiro atoms. The van der Waals surface area contributed by atoms with E-state index >= 15 is 0 Å². The predicted octanol–water partition coefficient (Wildman–Crippen LogP) is 19.9. The van der Waals surface area contributed by atoms with Gasteiger partial charge in [0, 0.05) is 52.8 Å². The maximum atomic E-state index is 6.37. The third kappa shape index (κ3) is 10.8. The quantitative estimate of drug-likeness (QED) is 0.146. The molecule has 17 rings (SSSR count). The maximum Gasteiger partial charge on any atom is 0.495 e. The summed E-state index contributed by atoms with van der Waals surface area (Å²) in [7, 11) is -1.11. The summed E-state index contributed by atoms with van der Waals surface area (Å²) in [5, 5.41) is 9.52. The van der Waals surface area contributed by atoms with Gasteiger partial charge in [-0.2, -0.15) is 0 Å². The van der Waals surface area contributed by atoms with Crippen molar-refractivity contribution in [2.24, 2.45) is 0 Å². The fourth-order valence-corrected chi connectivity index (χ4v) is 14.4. The Morgan fingerprint density at radius 2 is 0.681 bits per heavy atom. The molecule has 0 aliphatic carbocycles. The Hall–Kier alpha value is -8.55. The zero-order valence-corrected chi connectivity index (χ0v) is 56.2. The number of furan rings is 2. The molecule has 3 aliphatic rings. The molecule has 3 saturated heterocycles. The average Bonchev–Trinajstić information content (AvgIpc) is 1.55. The van der Waals surface area contributed by atoms with Crippen LogP contribution in [0.3, 0.4) is 0 Å². The van der Waals surface area contributed by atoms with Crippen LogP contribution in [0.5, 0.6) is 0 Å². The zero-order valence-electron chi connectivity index (χ0n) is 55.4. The molecule has 3 aromatic heterocycles. The van der Waals surface area contributed by atoms with E-state index in [1.54, 1.807) is 0 Å². The van der Waals surface area contributed by atoms with Crippen molar-refractivity contribution in [3.05, 3.63) is 237 Å². The summed E-state index contributed by atoms with van der Waals surface area (Å²) in [5.74, 6) is 0. The predicted molar refractivity (Wildman–Crippen MR) is 393 cm³/mol. The number of hydrogen-bond acceptors (Lipinski definition) is 9. The van der Waals surface area contributed by atoms with Crippen molar-refractivity contribution in [3.63, 3.8) is 0 Å². The fraction of sp³-hybridized carbons (Fsp3) is 0.220. The first-order valence-electron chi connectivity index (χ1n) is 32.6. The Balaban J connectivity index is 0.000000117. The molecule has 8 nitrogen and oxygen atoms in total. The van der Waals surface area contributed by atoms with Crippen LogP contribution < -0.4 is 16.4 Å². The van der Waals surface area contributed by atoms with Gasteiger partial charge in [0.15, 0.2) is 0 Å². The molecule has 12 heteroatoms. The lowest BCUT2D eigenvalue weighted by atomic mass is 9.75. The molecule has 0 radical (unpaired) electrons. The second kappa shape index (κ2) is 23.1. The maximum absolute atomic E-state index is 6.37. The van der Waals surface area contributed by atoms with Crippen LogP contribution in [-0.2, 0) is 27.9 Å². The van der Waals surface area contributed by atoms with Gasteiger partial charge in [0.05, 0.1) is 33.6 Å². The van der Waals surface area contributed by atoms with E-state index in [-0.39, 0.29) is 47.8 Å². The number of para-hydroxylation sites is 4. The number of thiophene rings is 1. The topological polar surface area (TPSA) is 81.7 Å². The highest BCUT2D eigenvalue weighted by Gasteiger charge is 2.54. The van der Waals surface area contributed by atoms with Crippen molar-refractivity contribution in [3.8, 4) is 44.5 Å². The van der Waals surface area contributed by atoms with Crippen LogP contribution in [0.1, 0.15) is 83.1 Å². The lowest BCUT2D eigenvalue weighted by Crippen LogP contribution is -2.41. The van der Waals surface area contributed by atoms with Gasteiger partial charge < -0.3 is 36.8 Å². The van der Waals surface area contributed by atoms with E-state index in [0.717, 1.165) is 93.3 Å². The van der Waals surface area contributed by atoms with E-state index in [1.807, 2.05) is 41.7 Å². The first-order valence-corrected chi connectivity index (χ1v) is 33.5. The Morgan fingerprint density at radius 3 is 1.26 bits per heavy atom. The normalized spacial score (nSPS) is 17.6. The van der Waals surface area contributed by atoms with E-state index in [2.05, 4.69) is 289 Å². The van der Waals surface area contributed by atoms with Crippen molar-refractivity contribution in [1.82, 2.24) is 0 Å². The van der Waals surface area contributed by atoms with Gasteiger partial charge in [-0.25, -0.2) is 0 Å². The van der Waals surface area contributed by atoms with Crippen LogP contribution in [-0.4, -0.2) is 55.0 Å². The van der Waals surface area contributed by atoms with Crippen LogP contribution >= 0.6 is 11.3 Å². The minimum Gasteiger partial charge on any atom is -0.455 e. The van der Waals surface area contributed by atoms with Crippen molar-refractivity contribution in [2.45, 2.75) is 117 Å². The Labute approximate surface area is 555 Å². The summed E-state index contributed by atoms with van der Waals surface area (Å²) in [6, 6.07) is 82.9. The number of benzene rings is 11. The summed E-state index contributed by atoms with van der Waals surface area (Å²) < 4.78 is 52.8. The summed E-state index contributed by atoms with van der Waals surface area (Å²) in [5.41, 5.74) is 14.0. The van der Waals surface area contributed by atoms with Gasteiger partial charge in [-0.05, 0) is 162 Å². The van der Waals surface area contributed by atoms with Crippen molar-refractivity contribution < 1.29 is 36.8 Å². The Morgan fingerprint density at radius 1 is 0.266 bits per heavy atom. The first kappa shape index (κ1) is 61.6. The second-order valence-electron chi connectivity index (χ2n) is 28.2. The van der Waals surface area contributed by atoms with E-state index in [4.69, 9.17) is 36.8 Å². The van der Waals surface area contributed by atoms with E-state index in [9.17, 15) is 0 Å². The summed E-state index contributed by atoms with van der Waals surface area (Å²) in [6.45, 7) is 25.0. The molecular weight excluding hydrogens is 1180 g/mol. The van der Waals surface area contributed by atoms with Crippen LogP contribution in [0.4, 0.5) is 0 Å². The van der Waals surface area contributed by atoms with E-state index in [1.165, 1.54) is 42.4 Å². The van der Waals surface area contributed by atoms with Crippen LogP contribution in [0.2, 0.25) is 0 Å². The minimum atomic E-state index is -0.402. The van der Waals surface area contributed by atoms with Crippen LogP contribution in [0.15, 0.2) is 245 Å². The SMILES string of the molecule is CC1(C)OB(c2ccc(-c3ccc(-c4cccc5c4sc4ccccc45)cc3)cc2)OC1(C)C.CC1(C)OB(c2ccc(-c3cccc4c3oc3ccccc34)c3ccccc23)OC1(C)C.CC1(C)OB(c2cccc(-c3cccc4c3oc3ccccc34)c2)OC1(C)C. The molecule has 0 atom stereocenters. The van der Waals surface area contributed by atoms with Crippen molar-refractivity contribution >= 4 is 124 Å². The molecule has 3 aliphatic heterocycles. The van der Waals surface area contributed by atoms with E-state index < -0.39 is 7.12 Å².